The predicted molar refractivity (Wildman–Crippen MR) is 114 cm³/mol. The third-order valence-corrected chi connectivity index (χ3v) is 5.63. The number of nitrogens with zero attached hydrogens (tertiary/aromatic N) is 1. The van der Waals surface area contributed by atoms with Gasteiger partial charge in [0.25, 0.3) is 5.91 Å². The summed E-state index contributed by atoms with van der Waals surface area (Å²) in [5.74, 6) is -1.06. The highest BCUT2D eigenvalue weighted by Gasteiger charge is 2.36. The van der Waals surface area contributed by atoms with E-state index in [0.29, 0.717) is 32.8 Å². The maximum Gasteiger partial charge on any atom is 0.316 e. The van der Waals surface area contributed by atoms with Crippen LogP contribution in [0.15, 0.2) is 69.0 Å². The number of esters is 1. The van der Waals surface area contributed by atoms with Crippen LogP contribution >= 0.6 is 23.4 Å². The molecule has 0 saturated heterocycles. The van der Waals surface area contributed by atoms with E-state index in [4.69, 9.17) is 16.0 Å². The summed E-state index contributed by atoms with van der Waals surface area (Å²) in [6.07, 6.45) is 1.48. The van der Waals surface area contributed by atoms with Crippen molar-refractivity contribution in [1.29, 1.82) is 5.26 Å². The maximum absolute atomic E-state index is 13.2. The molecule has 9 heteroatoms. The number of nitriles is 1. The van der Waals surface area contributed by atoms with Gasteiger partial charge in [-0.1, -0.05) is 23.4 Å². The fourth-order valence-electron chi connectivity index (χ4n) is 2.99. The van der Waals surface area contributed by atoms with Crippen LogP contribution in [-0.4, -0.2) is 24.7 Å². The van der Waals surface area contributed by atoms with Crippen molar-refractivity contribution in [3.63, 3.8) is 0 Å². The molecule has 30 heavy (non-hydrogen) atoms. The predicted octanol–water partition coefficient (Wildman–Crippen LogP) is 4.17. The topological polar surface area (TPSA) is 104 Å². The van der Waals surface area contributed by atoms with Gasteiger partial charge >= 0.3 is 5.97 Å². The average Bonchev–Trinajstić information content (AvgIpc) is 3.27. The van der Waals surface area contributed by atoms with Gasteiger partial charge in [0.2, 0.25) is 0 Å². The minimum Gasteiger partial charge on any atom is -0.468 e. The Bertz CT molecular complexity index is 1050. The summed E-state index contributed by atoms with van der Waals surface area (Å²) in [4.78, 5) is 24.7. The van der Waals surface area contributed by atoms with Gasteiger partial charge in [0.15, 0.2) is 0 Å². The SMILES string of the molecule is COC(=O)CSC1=C(C#N)[C@@H](c2ccco2)C(C(=O)Nc2ccc(Cl)cc2)=C(C)N1. The van der Waals surface area contributed by atoms with Crippen LogP contribution in [0.5, 0.6) is 0 Å². The van der Waals surface area contributed by atoms with Crippen LogP contribution in [0, 0.1) is 11.3 Å². The van der Waals surface area contributed by atoms with Crippen LogP contribution in [-0.2, 0) is 14.3 Å². The summed E-state index contributed by atoms with van der Waals surface area (Å²) in [5.41, 5.74) is 1.75. The lowest BCUT2D eigenvalue weighted by molar-refractivity contribution is -0.137. The number of nitrogens with one attached hydrogen (secondary N) is 2. The maximum atomic E-state index is 13.2. The number of carbonyl (C=O) groups excluding carboxylic acids is 2. The van der Waals surface area contributed by atoms with Gasteiger partial charge in [-0.3, -0.25) is 9.59 Å². The molecule has 0 fully saturated rings. The van der Waals surface area contributed by atoms with Crippen LogP contribution in [0.3, 0.4) is 0 Å². The minimum absolute atomic E-state index is 0.0223. The quantitative estimate of drug-likeness (QED) is 0.645. The number of hydrogen-bond donors (Lipinski definition) is 2. The molecule has 7 nitrogen and oxygen atoms in total. The first-order valence-corrected chi connectivity index (χ1v) is 10.2. The first-order chi connectivity index (χ1) is 14.4. The van der Waals surface area contributed by atoms with E-state index < -0.39 is 11.9 Å². The third kappa shape index (κ3) is 4.70. The number of dihydropyridines is 1. The standard InChI is InChI=1S/C21H18ClN3O4S/c1-12-18(20(27)25-14-7-5-13(22)6-8-14)19(16-4-3-9-29-16)15(10-23)21(24-12)30-11-17(26)28-2/h3-9,19,24H,11H2,1-2H3,(H,25,27)/t19-/m0/s1. The minimum atomic E-state index is -0.723. The molecule has 0 bridgehead atoms. The third-order valence-electron chi connectivity index (χ3n) is 4.38. The van der Waals surface area contributed by atoms with Gasteiger partial charge in [-0.05, 0) is 43.3 Å². The Kier molecular flexibility index (Phi) is 6.87. The molecule has 1 aliphatic rings. The van der Waals surface area contributed by atoms with Gasteiger partial charge in [0, 0.05) is 16.4 Å². The van der Waals surface area contributed by atoms with Crippen molar-refractivity contribution in [2.75, 3.05) is 18.2 Å². The van der Waals surface area contributed by atoms with Crippen LogP contribution in [0.1, 0.15) is 18.6 Å². The lowest BCUT2D eigenvalue weighted by Gasteiger charge is -2.28. The molecule has 0 saturated carbocycles. The second-order valence-electron chi connectivity index (χ2n) is 6.29. The van der Waals surface area contributed by atoms with E-state index in [1.807, 2.05) is 0 Å². The molecule has 0 spiro atoms. The Morgan fingerprint density at radius 3 is 2.67 bits per heavy atom. The normalized spacial score (nSPS) is 16.0. The van der Waals surface area contributed by atoms with Crippen molar-refractivity contribution >= 4 is 40.9 Å². The smallest absolute Gasteiger partial charge is 0.316 e. The zero-order valence-corrected chi connectivity index (χ0v) is 17.8. The molecule has 2 N–H and O–H groups in total. The summed E-state index contributed by atoms with van der Waals surface area (Å²) >= 11 is 7.04. The molecular formula is C21H18ClN3O4S. The zero-order valence-electron chi connectivity index (χ0n) is 16.2. The van der Waals surface area contributed by atoms with Gasteiger partial charge in [0.1, 0.15) is 5.76 Å². The first kappa shape index (κ1) is 21.6. The first-order valence-electron chi connectivity index (χ1n) is 8.86. The van der Waals surface area contributed by atoms with Crippen LogP contribution in [0.25, 0.3) is 0 Å². The molecule has 0 unspecified atom stereocenters. The van der Waals surface area contributed by atoms with Crippen LogP contribution in [0.4, 0.5) is 5.69 Å². The number of rotatable bonds is 6. The molecule has 1 atom stereocenters. The number of allylic oxidation sites excluding steroid dienone is 2. The number of carbonyl (C=O) groups is 2. The molecule has 2 aromatic rings. The molecule has 1 aromatic heterocycles. The Balaban J connectivity index is 1.97. The Labute approximate surface area is 182 Å². The van der Waals surface area contributed by atoms with E-state index in [2.05, 4.69) is 21.4 Å². The van der Waals surface area contributed by atoms with Gasteiger partial charge in [-0.25, -0.2) is 0 Å². The summed E-state index contributed by atoms with van der Waals surface area (Å²) in [6.45, 7) is 1.74. The van der Waals surface area contributed by atoms with Crippen LogP contribution in [0.2, 0.25) is 5.02 Å². The molecule has 0 radical (unpaired) electrons. The van der Waals surface area contributed by atoms with Crippen molar-refractivity contribution in [2.24, 2.45) is 0 Å². The fourth-order valence-corrected chi connectivity index (χ4v) is 4.04. The van der Waals surface area contributed by atoms with E-state index in [0.717, 1.165) is 11.8 Å². The monoisotopic (exact) mass is 443 g/mol. The summed E-state index contributed by atoms with van der Waals surface area (Å²) < 4.78 is 10.2. The van der Waals surface area contributed by atoms with Crippen molar-refractivity contribution in [1.82, 2.24) is 5.32 Å². The molecular weight excluding hydrogens is 426 g/mol. The number of ether oxygens (including phenoxy) is 1. The number of hydrogen-bond acceptors (Lipinski definition) is 7. The Morgan fingerprint density at radius 2 is 2.07 bits per heavy atom. The van der Waals surface area contributed by atoms with E-state index in [1.165, 1.54) is 13.4 Å². The number of furan rings is 1. The van der Waals surface area contributed by atoms with Crippen molar-refractivity contribution < 1.29 is 18.7 Å². The number of halogens is 1. The summed E-state index contributed by atoms with van der Waals surface area (Å²) in [7, 11) is 1.30. The number of thioether (sulfide) groups is 1. The lowest BCUT2D eigenvalue weighted by Crippen LogP contribution is -2.30. The molecule has 1 amide bonds. The van der Waals surface area contributed by atoms with E-state index in [1.54, 1.807) is 43.3 Å². The highest BCUT2D eigenvalue weighted by Crippen LogP contribution is 2.41. The molecule has 0 aliphatic carbocycles. The average molecular weight is 444 g/mol. The number of amides is 1. The van der Waals surface area contributed by atoms with Crippen LogP contribution < -0.4 is 10.6 Å². The molecule has 2 heterocycles. The Hall–Kier alpha value is -3.15. The van der Waals surface area contributed by atoms with Gasteiger partial charge in [-0.15, -0.1) is 0 Å². The largest absolute Gasteiger partial charge is 0.468 e. The van der Waals surface area contributed by atoms with E-state index in [9.17, 15) is 14.9 Å². The molecule has 1 aliphatic heterocycles. The number of methoxy groups -OCH3 is 1. The second-order valence-corrected chi connectivity index (χ2v) is 7.71. The fraction of sp³-hybridized carbons (Fsp3) is 0.190. The Morgan fingerprint density at radius 1 is 1.33 bits per heavy atom. The summed E-state index contributed by atoms with van der Waals surface area (Å²) in [6, 6.07) is 12.3. The zero-order chi connectivity index (χ0) is 21.7. The van der Waals surface area contributed by atoms with Crippen molar-refractivity contribution in [2.45, 2.75) is 12.8 Å². The lowest BCUT2D eigenvalue weighted by atomic mass is 9.85. The molecule has 1 aromatic carbocycles. The highest BCUT2D eigenvalue weighted by molar-refractivity contribution is 8.03. The van der Waals surface area contributed by atoms with E-state index in [-0.39, 0.29) is 17.2 Å². The van der Waals surface area contributed by atoms with Gasteiger partial charge in [-0.2, -0.15) is 5.26 Å². The van der Waals surface area contributed by atoms with Crippen molar-refractivity contribution in [3.05, 3.63) is 75.3 Å². The molecule has 3 rings (SSSR count). The second kappa shape index (κ2) is 9.57. The molecule has 154 valence electrons. The van der Waals surface area contributed by atoms with Gasteiger partial charge < -0.3 is 19.8 Å². The number of benzene rings is 1. The van der Waals surface area contributed by atoms with E-state index >= 15 is 0 Å². The van der Waals surface area contributed by atoms with Gasteiger partial charge in [0.05, 0.1) is 47.3 Å². The van der Waals surface area contributed by atoms with Crippen molar-refractivity contribution in [3.8, 4) is 6.07 Å². The highest BCUT2D eigenvalue weighted by atomic mass is 35.5. The summed E-state index contributed by atoms with van der Waals surface area (Å²) in [5, 5.41) is 16.8. The number of anilines is 1.